The predicted molar refractivity (Wildman–Crippen MR) is 84.9 cm³/mol. The average Bonchev–Trinajstić information content (AvgIpc) is 3.34. The van der Waals surface area contributed by atoms with E-state index in [4.69, 9.17) is 4.74 Å². The third-order valence-electron chi connectivity index (χ3n) is 4.43. The molecular weight excluding hydrogens is 280 g/mol. The van der Waals surface area contributed by atoms with Crippen molar-refractivity contribution in [3.8, 4) is 0 Å². The number of aromatic nitrogens is 1. The smallest absolute Gasteiger partial charge is 0.341 e. The van der Waals surface area contributed by atoms with Crippen LogP contribution in [0.2, 0.25) is 0 Å². The Kier molecular flexibility index (Phi) is 3.98. The number of anilines is 1. The van der Waals surface area contributed by atoms with E-state index in [1.54, 1.807) is 6.20 Å². The lowest BCUT2D eigenvalue weighted by molar-refractivity contribution is 0.0601. The number of para-hydroxylation sites is 1. The first-order valence-electron chi connectivity index (χ1n) is 7.50. The molecule has 0 atom stereocenters. The summed E-state index contributed by atoms with van der Waals surface area (Å²) in [6, 6.07) is 7.70. The number of esters is 1. The maximum Gasteiger partial charge on any atom is 0.341 e. The highest BCUT2D eigenvalue weighted by atomic mass is 16.5. The van der Waals surface area contributed by atoms with Crippen molar-refractivity contribution < 1.29 is 14.6 Å². The zero-order chi connectivity index (χ0) is 15.6. The molecular formula is C17H20N2O3. The number of carbonyl (C=O) groups is 1. The minimum absolute atomic E-state index is 0.0846. The van der Waals surface area contributed by atoms with E-state index in [1.807, 2.05) is 24.3 Å². The van der Waals surface area contributed by atoms with Crippen LogP contribution in [0, 0.1) is 5.41 Å². The van der Waals surface area contributed by atoms with Crippen LogP contribution in [0.3, 0.4) is 0 Å². The van der Waals surface area contributed by atoms with Gasteiger partial charge in [-0.25, -0.2) is 4.79 Å². The maximum absolute atomic E-state index is 12.0. The van der Waals surface area contributed by atoms with Gasteiger partial charge in [-0.15, -0.1) is 0 Å². The Morgan fingerprint density at radius 3 is 2.86 bits per heavy atom. The monoisotopic (exact) mass is 300 g/mol. The van der Waals surface area contributed by atoms with Gasteiger partial charge in [-0.05, 0) is 30.7 Å². The molecule has 1 aromatic heterocycles. The van der Waals surface area contributed by atoms with Gasteiger partial charge < -0.3 is 15.2 Å². The topological polar surface area (TPSA) is 71.5 Å². The van der Waals surface area contributed by atoms with E-state index in [9.17, 15) is 9.90 Å². The predicted octanol–water partition coefficient (Wildman–Crippen LogP) is 2.60. The van der Waals surface area contributed by atoms with Crippen LogP contribution in [0.1, 0.15) is 29.6 Å². The summed E-state index contributed by atoms with van der Waals surface area (Å²) >= 11 is 0. The molecule has 1 aliphatic carbocycles. The van der Waals surface area contributed by atoms with Gasteiger partial charge in [-0.2, -0.15) is 0 Å². The van der Waals surface area contributed by atoms with Gasteiger partial charge in [0, 0.05) is 24.7 Å². The minimum Gasteiger partial charge on any atom is -0.465 e. The number of ether oxygens (including phenoxy) is 1. The molecule has 116 valence electrons. The molecule has 0 aliphatic heterocycles. The minimum atomic E-state index is -0.399. The molecule has 0 unspecified atom stereocenters. The highest BCUT2D eigenvalue weighted by Crippen LogP contribution is 2.48. The van der Waals surface area contributed by atoms with E-state index < -0.39 is 5.97 Å². The molecule has 0 radical (unpaired) electrons. The Balaban J connectivity index is 1.88. The fourth-order valence-corrected chi connectivity index (χ4v) is 2.71. The molecule has 0 spiro atoms. The fraction of sp³-hybridized carbons (Fsp3) is 0.412. The molecule has 1 aromatic carbocycles. The number of nitrogens with one attached hydrogen (secondary N) is 1. The standard InChI is InChI=1S/C17H20N2O3/c1-22-16(21)13-10-19-14-5-3-2-4-12(14)15(13)18-9-8-17(11-20)6-7-17/h2-5,10,20H,6-9,11H2,1H3,(H,18,19). The van der Waals surface area contributed by atoms with Crippen LogP contribution in [0.4, 0.5) is 5.69 Å². The van der Waals surface area contributed by atoms with Gasteiger partial charge in [0.2, 0.25) is 0 Å². The first kappa shape index (κ1) is 14.8. The summed E-state index contributed by atoms with van der Waals surface area (Å²) in [5.41, 5.74) is 2.11. The molecule has 0 amide bonds. The molecule has 5 nitrogen and oxygen atoms in total. The van der Waals surface area contributed by atoms with Gasteiger partial charge in [0.1, 0.15) is 5.56 Å². The van der Waals surface area contributed by atoms with Gasteiger partial charge in [-0.1, -0.05) is 18.2 Å². The van der Waals surface area contributed by atoms with Crippen molar-refractivity contribution in [1.82, 2.24) is 4.98 Å². The van der Waals surface area contributed by atoms with Crippen LogP contribution in [0.15, 0.2) is 30.5 Å². The molecule has 0 bridgehead atoms. The van der Waals surface area contributed by atoms with Crippen molar-refractivity contribution in [3.63, 3.8) is 0 Å². The lowest BCUT2D eigenvalue weighted by Crippen LogP contribution is -2.15. The van der Waals surface area contributed by atoms with Crippen LogP contribution in [-0.2, 0) is 4.74 Å². The zero-order valence-corrected chi connectivity index (χ0v) is 12.6. The van der Waals surface area contributed by atoms with Gasteiger partial charge in [0.15, 0.2) is 0 Å². The molecule has 2 N–H and O–H groups in total. The summed E-state index contributed by atoms with van der Waals surface area (Å²) in [5.74, 6) is -0.399. The summed E-state index contributed by atoms with van der Waals surface area (Å²) in [6.45, 7) is 0.939. The quantitative estimate of drug-likeness (QED) is 0.802. The van der Waals surface area contributed by atoms with E-state index in [-0.39, 0.29) is 12.0 Å². The molecule has 22 heavy (non-hydrogen) atoms. The number of hydrogen-bond donors (Lipinski definition) is 2. The van der Waals surface area contributed by atoms with Crippen molar-refractivity contribution in [2.24, 2.45) is 5.41 Å². The second-order valence-corrected chi connectivity index (χ2v) is 5.89. The molecule has 1 heterocycles. The van der Waals surface area contributed by atoms with E-state index in [0.717, 1.165) is 35.9 Å². The molecule has 5 heteroatoms. The second kappa shape index (κ2) is 5.93. The Morgan fingerprint density at radius 1 is 1.41 bits per heavy atom. The van der Waals surface area contributed by atoms with E-state index in [1.165, 1.54) is 7.11 Å². The Labute approximate surface area is 129 Å². The Hall–Kier alpha value is -2.14. The van der Waals surface area contributed by atoms with Crippen molar-refractivity contribution >= 4 is 22.6 Å². The second-order valence-electron chi connectivity index (χ2n) is 5.89. The summed E-state index contributed by atoms with van der Waals surface area (Å²) in [7, 11) is 1.37. The fourth-order valence-electron chi connectivity index (χ4n) is 2.71. The van der Waals surface area contributed by atoms with Gasteiger partial charge in [0.25, 0.3) is 0 Å². The number of methoxy groups -OCH3 is 1. The van der Waals surface area contributed by atoms with Crippen molar-refractivity contribution in [2.75, 3.05) is 25.6 Å². The van der Waals surface area contributed by atoms with Crippen LogP contribution in [0.25, 0.3) is 10.9 Å². The summed E-state index contributed by atoms with van der Waals surface area (Å²) in [4.78, 5) is 16.3. The van der Waals surface area contributed by atoms with Crippen molar-refractivity contribution in [1.29, 1.82) is 0 Å². The normalized spacial score (nSPS) is 15.5. The highest BCUT2D eigenvalue weighted by molar-refractivity contribution is 6.04. The lowest BCUT2D eigenvalue weighted by atomic mass is 10.0. The first-order valence-corrected chi connectivity index (χ1v) is 7.50. The number of nitrogens with zero attached hydrogens (tertiary/aromatic N) is 1. The zero-order valence-electron chi connectivity index (χ0n) is 12.6. The number of hydrogen-bond acceptors (Lipinski definition) is 5. The molecule has 3 rings (SSSR count). The Bertz CT molecular complexity index is 695. The number of pyridine rings is 1. The number of aliphatic hydroxyl groups excluding tert-OH is 1. The summed E-state index contributed by atoms with van der Waals surface area (Å²) in [6.07, 6.45) is 4.59. The van der Waals surface area contributed by atoms with Gasteiger partial charge >= 0.3 is 5.97 Å². The van der Waals surface area contributed by atoms with Gasteiger partial charge in [0.05, 0.1) is 18.3 Å². The lowest BCUT2D eigenvalue weighted by Gasteiger charge is -2.16. The van der Waals surface area contributed by atoms with Gasteiger partial charge in [-0.3, -0.25) is 4.98 Å². The third-order valence-corrected chi connectivity index (χ3v) is 4.43. The number of benzene rings is 1. The molecule has 1 aliphatic rings. The average molecular weight is 300 g/mol. The van der Waals surface area contributed by atoms with Crippen LogP contribution < -0.4 is 5.32 Å². The number of carbonyl (C=O) groups excluding carboxylic acids is 1. The summed E-state index contributed by atoms with van der Waals surface area (Å²) in [5, 5.41) is 13.6. The largest absolute Gasteiger partial charge is 0.465 e. The summed E-state index contributed by atoms with van der Waals surface area (Å²) < 4.78 is 4.85. The molecule has 1 fully saturated rings. The molecule has 0 saturated heterocycles. The maximum atomic E-state index is 12.0. The highest BCUT2D eigenvalue weighted by Gasteiger charge is 2.41. The van der Waals surface area contributed by atoms with E-state index >= 15 is 0 Å². The Morgan fingerprint density at radius 2 is 2.18 bits per heavy atom. The molecule has 2 aromatic rings. The van der Waals surface area contributed by atoms with Crippen LogP contribution in [0.5, 0.6) is 0 Å². The first-order chi connectivity index (χ1) is 10.7. The van der Waals surface area contributed by atoms with Crippen LogP contribution in [-0.4, -0.2) is 36.3 Å². The SMILES string of the molecule is COC(=O)c1cnc2ccccc2c1NCCC1(CO)CC1. The van der Waals surface area contributed by atoms with E-state index in [0.29, 0.717) is 12.1 Å². The molecule has 1 saturated carbocycles. The number of rotatable bonds is 6. The number of fused-ring (bicyclic) bond motifs is 1. The van der Waals surface area contributed by atoms with E-state index in [2.05, 4.69) is 10.3 Å². The third kappa shape index (κ3) is 2.76. The number of aliphatic hydroxyl groups is 1. The van der Waals surface area contributed by atoms with Crippen LogP contribution >= 0.6 is 0 Å². The van der Waals surface area contributed by atoms with Crippen molar-refractivity contribution in [3.05, 3.63) is 36.0 Å². The van der Waals surface area contributed by atoms with Crippen molar-refractivity contribution in [2.45, 2.75) is 19.3 Å².